The van der Waals surface area contributed by atoms with Crippen molar-refractivity contribution in [3.8, 4) is 0 Å². The van der Waals surface area contributed by atoms with Crippen LogP contribution in [0.25, 0.3) is 0 Å². The Balaban J connectivity index is 2.14. The number of hydrogen-bond acceptors (Lipinski definition) is 5. The van der Waals surface area contributed by atoms with Crippen LogP contribution in [0.5, 0.6) is 0 Å². The zero-order valence-corrected chi connectivity index (χ0v) is 10.0. The average molecular weight is 232 g/mol. The molecule has 2 rings (SSSR count). The van der Waals surface area contributed by atoms with Crippen molar-refractivity contribution in [3.05, 3.63) is 36.0 Å². The second kappa shape index (κ2) is 5.34. The lowest BCUT2D eigenvalue weighted by atomic mass is 10.2. The maximum Gasteiger partial charge on any atom is 0.134 e. The maximum atomic E-state index is 5.02. The minimum atomic E-state index is 0.698. The first kappa shape index (κ1) is 11.4. The summed E-state index contributed by atoms with van der Waals surface area (Å²) >= 11 is 0. The number of nitrogens with one attached hydrogen (secondary N) is 2. The normalized spacial score (nSPS) is 10.2. The number of furan rings is 1. The van der Waals surface area contributed by atoms with Crippen molar-refractivity contribution in [1.29, 1.82) is 0 Å². The number of hydrogen-bond donors (Lipinski definition) is 2. The minimum absolute atomic E-state index is 0.698. The Kier molecular flexibility index (Phi) is 3.59. The fraction of sp³-hybridized carbons (Fsp3) is 0.333. The molecule has 2 aromatic heterocycles. The third kappa shape index (κ3) is 2.55. The highest BCUT2D eigenvalue weighted by Crippen LogP contribution is 2.20. The lowest BCUT2D eigenvalue weighted by Crippen LogP contribution is -2.07. The smallest absolute Gasteiger partial charge is 0.134 e. The molecule has 2 aromatic rings. The Morgan fingerprint density at radius 2 is 2.12 bits per heavy atom. The fourth-order valence-corrected chi connectivity index (χ4v) is 1.69. The molecular weight excluding hydrogens is 216 g/mol. The molecule has 0 saturated heterocycles. The van der Waals surface area contributed by atoms with Crippen molar-refractivity contribution in [2.75, 3.05) is 17.7 Å². The molecule has 0 radical (unpaired) electrons. The molecule has 0 atom stereocenters. The average Bonchev–Trinajstić information content (AvgIpc) is 2.88. The van der Waals surface area contributed by atoms with Gasteiger partial charge in [-0.15, -0.1) is 0 Å². The predicted molar refractivity (Wildman–Crippen MR) is 67.0 cm³/mol. The first-order valence-corrected chi connectivity index (χ1v) is 5.61. The standard InChI is InChI=1S/C12H16N4O/c1-3-10-11(13-2)15-8-16-12(10)14-6-9-4-5-17-7-9/h4-5,7-8H,3,6H2,1-2H3,(H2,13,14,15,16). The van der Waals surface area contributed by atoms with Gasteiger partial charge < -0.3 is 15.1 Å². The summed E-state index contributed by atoms with van der Waals surface area (Å²) in [5.74, 6) is 1.74. The van der Waals surface area contributed by atoms with E-state index in [-0.39, 0.29) is 0 Å². The lowest BCUT2D eigenvalue weighted by molar-refractivity contribution is 0.564. The summed E-state index contributed by atoms with van der Waals surface area (Å²) in [5.41, 5.74) is 2.19. The van der Waals surface area contributed by atoms with Gasteiger partial charge in [0.2, 0.25) is 0 Å². The van der Waals surface area contributed by atoms with Gasteiger partial charge in [-0.1, -0.05) is 6.92 Å². The van der Waals surface area contributed by atoms with E-state index in [1.165, 1.54) is 0 Å². The maximum absolute atomic E-state index is 5.02. The van der Waals surface area contributed by atoms with E-state index >= 15 is 0 Å². The van der Waals surface area contributed by atoms with Crippen LogP contribution in [-0.4, -0.2) is 17.0 Å². The van der Waals surface area contributed by atoms with E-state index in [9.17, 15) is 0 Å². The molecule has 17 heavy (non-hydrogen) atoms. The SMILES string of the molecule is CCc1c(NC)ncnc1NCc1ccoc1. The summed E-state index contributed by atoms with van der Waals surface area (Å²) in [5, 5.41) is 6.36. The molecule has 0 unspecified atom stereocenters. The van der Waals surface area contributed by atoms with Crippen LogP contribution in [0.1, 0.15) is 18.1 Å². The minimum Gasteiger partial charge on any atom is -0.472 e. The topological polar surface area (TPSA) is 63.0 Å². The predicted octanol–water partition coefficient (Wildman–Crippen LogP) is 2.29. The fourth-order valence-electron chi connectivity index (χ4n) is 1.69. The molecule has 0 saturated carbocycles. The van der Waals surface area contributed by atoms with E-state index in [2.05, 4.69) is 27.5 Å². The lowest BCUT2D eigenvalue weighted by Gasteiger charge is -2.12. The zero-order valence-electron chi connectivity index (χ0n) is 10.0. The van der Waals surface area contributed by atoms with Crippen molar-refractivity contribution in [1.82, 2.24) is 9.97 Å². The molecule has 0 amide bonds. The third-order valence-corrected chi connectivity index (χ3v) is 2.58. The van der Waals surface area contributed by atoms with Gasteiger partial charge in [0.25, 0.3) is 0 Å². The number of nitrogens with zero attached hydrogens (tertiary/aromatic N) is 2. The highest BCUT2D eigenvalue weighted by Gasteiger charge is 2.08. The van der Waals surface area contributed by atoms with Crippen LogP contribution in [-0.2, 0) is 13.0 Å². The van der Waals surface area contributed by atoms with Crippen LogP contribution in [0.4, 0.5) is 11.6 Å². The van der Waals surface area contributed by atoms with Gasteiger partial charge in [-0.2, -0.15) is 0 Å². The van der Waals surface area contributed by atoms with Crippen LogP contribution in [0.3, 0.4) is 0 Å². The summed E-state index contributed by atoms with van der Waals surface area (Å²) in [7, 11) is 1.86. The molecule has 0 fully saturated rings. The van der Waals surface area contributed by atoms with Gasteiger partial charge in [-0.3, -0.25) is 0 Å². The summed E-state index contributed by atoms with van der Waals surface area (Å²) in [6, 6.07) is 1.93. The summed E-state index contributed by atoms with van der Waals surface area (Å²) in [6.07, 6.45) is 5.82. The molecule has 0 aromatic carbocycles. The van der Waals surface area contributed by atoms with Gasteiger partial charge in [0.05, 0.1) is 12.5 Å². The van der Waals surface area contributed by atoms with Gasteiger partial charge in [-0.05, 0) is 12.5 Å². The Hall–Kier alpha value is -2.04. The molecule has 2 heterocycles. The van der Waals surface area contributed by atoms with Crippen LogP contribution < -0.4 is 10.6 Å². The Morgan fingerprint density at radius 1 is 1.29 bits per heavy atom. The molecule has 0 aliphatic heterocycles. The molecule has 2 N–H and O–H groups in total. The van der Waals surface area contributed by atoms with Crippen molar-refractivity contribution in [2.45, 2.75) is 19.9 Å². The Bertz CT molecular complexity index is 467. The van der Waals surface area contributed by atoms with Gasteiger partial charge in [0.15, 0.2) is 0 Å². The molecule has 0 spiro atoms. The Morgan fingerprint density at radius 3 is 2.76 bits per heavy atom. The molecular formula is C12H16N4O. The van der Waals surface area contributed by atoms with Crippen molar-refractivity contribution in [3.63, 3.8) is 0 Å². The monoisotopic (exact) mass is 232 g/mol. The molecule has 0 bridgehead atoms. The van der Waals surface area contributed by atoms with E-state index in [1.807, 2.05) is 13.1 Å². The summed E-state index contributed by atoms with van der Waals surface area (Å²) < 4.78 is 5.02. The van der Waals surface area contributed by atoms with Gasteiger partial charge in [0, 0.05) is 24.7 Å². The summed E-state index contributed by atoms with van der Waals surface area (Å²) in [4.78, 5) is 8.46. The van der Waals surface area contributed by atoms with E-state index in [0.717, 1.165) is 29.2 Å². The largest absolute Gasteiger partial charge is 0.472 e. The van der Waals surface area contributed by atoms with Crippen LogP contribution in [0.15, 0.2) is 29.3 Å². The van der Waals surface area contributed by atoms with Crippen molar-refractivity contribution < 1.29 is 4.42 Å². The van der Waals surface area contributed by atoms with E-state index in [1.54, 1.807) is 18.9 Å². The second-order valence-electron chi connectivity index (χ2n) is 3.64. The highest BCUT2D eigenvalue weighted by molar-refractivity contribution is 5.57. The van der Waals surface area contributed by atoms with Gasteiger partial charge in [0.1, 0.15) is 18.0 Å². The van der Waals surface area contributed by atoms with E-state index < -0.39 is 0 Å². The van der Waals surface area contributed by atoms with Crippen LogP contribution in [0.2, 0.25) is 0 Å². The van der Waals surface area contributed by atoms with Crippen LogP contribution >= 0.6 is 0 Å². The molecule has 0 aliphatic carbocycles. The van der Waals surface area contributed by atoms with Crippen LogP contribution in [0, 0.1) is 0 Å². The molecule has 5 heteroatoms. The van der Waals surface area contributed by atoms with E-state index in [0.29, 0.717) is 6.54 Å². The first-order valence-electron chi connectivity index (χ1n) is 5.61. The van der Waals surface area contributed by atoms with E-state index in [4.69, 9.17) is 4.42 Å². The Labute approximate surface area is 100 Å². The van der Waals surface area contributed by atoms with Crippen molar-refractivity contribution in [2.24, 2.45) is 0 Å². The molecule has 5 nitrogen and oxygen atoms in total. The number of rotatable bonds is 5. The first-order chi connectivity index (χ1) is 8.35. The number of aromatic nitrogens is 2. The third-order valence-electron chi connectivity index (χ3n) is 2.58. The number of anilines is 2. The second-order valence-corrected chi connectivity index (χ2v) is 3.64. The highest BCUT2D eigenvalue weighted by atomic mass is 16.3. The summed E-state index contributed by atoms with van der Waals surface area (Å²) in [6.45, 7) is 2.78. The van der Waals surface area contributed by atoms with Crippen molar-refractivity contribution >= 4 is 11.6 Å². The van der Waals surface area contributed by atoms with Gasteiger partial charge >= 0.3 is 0 Å². The van der Waals surface area contributed by atoms with Gasteiger partial charge in [-0.25, -0.2) is 9.97 Å². The quantitative estimate of drug-likeness (QED) is 0.828. The molecule has 0 aliphatic rings. The molecule has 90 valence electrons. The zero-order chi connectivity index (χ0) is 12.1.